The first-order valence-corrected chi connectivity index (χ1v) is 10.8. The number of fused-ring (bicyclic) bond motifs is 1. The van der Waals surface area contributed by atoms with Gasteiger partial charge in [0.05, 0.1) is 12.3 Å². The number of hydrogen-bond acceptors (Lipinski definition) is 4. The summed E-state index contributed by atoms with van der Waals surface area (Å²) in [6, 6.07) is 13.8. The van der Waals surface area contributed by atoms with Crippen LogP contribution in [0.25, 0.3) is 0 Å². The van der Waals surface area contributed by atoms with Gasteiger partial charge in [-0.2, -0.15) is 0 Å². The number of para-hydroxylation sites is 2. The fourth-order valence-electron chi connectivity index (χ4n) is 4.31. The van der Waals surface area contributed by atoms with Crippen LogP contribution < -0.4 is 14.5 Å². The molecule has 0 atom stereocenters. The maximum Gasteiger partial charge on any atom is 0.253 e. The van der Waals surface area contributed by atoms with Gasteiger partial charge in [-0.05, 0) is 49.2 Å². The molecule has 0 unspecified atom stereocenters. The molecule has 158 valence electrons. The van der Waals surface area contributed by atoms with Crippen molar-refractivity contribution in [3.05, 3.63) is 53.6 Å². The summed E-state index contributed by atoms with van der Waals surface area (Å²) in [7, 11) is 0. The first-order chi connectivity index (χ1) is 14.6. The average molecular weight is 408 g/mol. The lowest BCUT2D eigenvalue weighted by molar-refractivity contribution is -0.118. The molecule has 2 aliphatic rings. The lowest BCUT2D eigenvalue weighted by Gasteiger charge is -2.36. The quantitative estimate of drug-likeness (QED) is 0.763. The molecule has 0 radical (unpaired) electrons. The van der Waals surface area contributed by atoms with E-state index < -0.39 is 0 Å². The second kappa shape index (κ2) is 8.78. The second-order valence-electron chi connectivity index (χ2n) is 7.67. The van der Waals surface area contributed by atoms with Crippen molar-refractivity contribution in [3.8, 4) is 5.75 Å². The molecule has 30 heavy (non-hydrogen) atoms. The smallest absolute Gasteiger partial charge is 0.253 e. The summed E-state index contributed by atoms with van der Waals surface area (Å²) in [5.74, 6) is 1.09. The van der Waals surface area contributed by atoms with Gasteiger partial charge in [0.1, 0.15) is 5.75 Å². The molecule has 2 aromatic carbocycles. The Bertz CT molecular complexity index is 935. The van der Waals surface area contributed by atoms with Crippen LogP contribution in [0.1, 0.15) is 36.2 Å². The van der Waals surface area contributed by atoms with Crippen molar-refractivity contribution >= 4 is 23.2 Å². The standard InChI is InChI=1S/C24H29N3O3/c1-3-23(28)27-12-11-18-17-19(9-10-20(18)27)24(29)26-15-13-25(14-16-26)21-7-5-6-8-22(21)30-4-2/h5-10,17H,3-4,11-16H2,1-2H3. The van der Waals surface area contributed by atoms with Crippen molar-refractivity contribution in [2.75, 3.05) is 49.1 Å². The Labute approximate surface area is 178 Å². The molecule has 2 amide bonds. The maximum atomic E-state index is 13.1. The Kier molecular flexibility index (Phi) is 5.93. The molecule has 0 aliphatic carbocycles. The van der Waals surface area contributed by atoms with Crippen LogP contribution in [-0.4, -0.2) is 56.0 Å². The highest BCUT2D eigenvalue weighted by Crippen LogP contribution is 2.31. The zero-order chi connectivity index (χ0) is 21.1. The second-order valence-corrected chi connectivity index (χ2v) is 7.67. The number of anilines is 2. The molecule has 4 rings (SSSR count). The normalized spacial score (nSPS) is 15.9. The van der Waals surface area contributed by atoms with Gasteiger partial charge in [0.15, 0.2) is 0 Å². The zero-order valence-electron chi connectivity index (χ0n) is 17.8. The van der Waals surface area contributed by atoms with E-state index in [4.69, 9.17) is 4.74 Å². The fraction of sp³-hybridized carbons (Fsp3) is 0.417. The van der Waals surface area contributed by atoms with Crippen LogP contribution in [0.15, 0.2) is 42.5 Å². The van der Waals surface area contributed by atoms with Crippen LogP contribution in [0.2, 0.25) is 0 Å². The number of benzene rings is 2. The number of piperazine rings is 1. The summed E-state index contributed by atoms with van der Waals surface area (Å²) >= 11 is 0. The highest BCUT2D eigenvalue weighted by Gasteiger charge is 2.27. The van der Waals surface area contributed by atoms with Crippen LogP contribution in [0.4, 0.5) is 11.4 Å². The SMILES string of the molecule is CCOc1ccccc1N1CCN(C(=O)c2ccc3c(c2)CCN3C(=O)CC)CC1. The van der Waals surface area contributed by atoms with Crippen LogP contribution in [-0.2, 0) is 11.2 Å². The van der Waals surface area contributed by atoms with Gasteiger partial charge in [-0.15, -0.1) is 0 Å². The topological polar surface area (TPSA) is 53.1 Å². The predicted molar refractivity (Wildman–Crippen MR) is 119 cm³/mol. The third-order valence-electron chi connectivity index (χ3n) is 5.90. The van der Waals surface area contributed by atoms with Crippen molar-refractivity contribution in [1.29, 1.82) is 0 Å². The largest absolute Gasteiger partial charge is 0.492 e. The summed E-state index contributed by atoms with van der Waals surface area (Å²) < 4.78 is 5.76. The minimum Gasteiger partial charge on any atom is -0.492 e. The van der Waals surface area contributed by atoms with Crippen LogP contribution in [0.5, 0.6) is 5.75 Å². The molecule has 0 saturated carbocycles. The molecule has 2 aromatic rings. The molecule has 2 aliphatic heterocycles. The molecule has 2 heterocycles. The fourth-order valence-corrected chi connectivity index (χ4v) is 4.31. The molecule has 0 bridgehead atoms. The van der Waals surface area contributed by atoms with E-state index in [0.29, 0.717) is 38.2 Å². The van der Waals surface area contributed by atoms with Gasteiger partial charge in [-0.1, -0.05) is 19.1 Å². The van der Waals surface area contributed by atoms with Crippen molar-refractivity contribution in [2.45, 2.75) is 26.7 Å². The summed E-state index contributed by atoms with van der Waals surface area (Å²) in [4.78, 5) is 31.2. The van der Waals surface area contributed by atoms with E-state index in [1.807, 2.05) is 60.0 Å². The van der Waals surface area contributed by atoms with Crippen LogP contribution in [0.3, 0.4) is 0 Å². The number of hydrogen-bond donors (Lipinski definition) is 0. The average Bonchev–Trinajstić information content (AvgIpc) is 3.22. The minimum atomic E-state index is 0.0656. The lowest BCUT2D eigenvalue weighted by atomic mass is 10.1. The zero-order valence-corrected chi connectivity index (χ0v) is 17.8. The van der Waals surface area contributed by atoms with Crippen LogP contribution >= 0.6 is 0 Å². The first-order valence-electron chi connectivity index (χ1n) is 10.8. The van der Waals surface area contributed by atoms with Gasteiger partial charge in [-0.25, -0.2) is 0 Å². The van der Waals surface area contributed by atoms with Crippen molar-refractivity contribution < 1.29 is 14.3 Å². The molecule has 6 nitrogen and oxygen atoms in total. The highest BCUT2D eigenvalue weighted by atomic mass is 16.5. The Hall–Kier alpha value is -3.02. The Morgan fingerprint density at radius 2 is 1.70 bits per heavy atom. The van der Waals surface area contributed by atoms with Gasteiger partial charge in [-0.3, -0.25) is 9.59 Å². The number of rotatable bonds is 5. The molecule has 1 saturated heterocycles. The van der Waals surface area contributed by atoms with E-state index >= 15 is 0 Å². The van der Waals surface area contributed by atoms with Crippen molar-refractivity contribution in [3.63, 3.8) is 0 Å². The van der Waals surface area contributed by atoms with E-state index in [1.165, 1.54) is 0 Å². The number of ether oxygens (including phenoxy) is 1. The van der Waals surface area contributed by atoms with E-state index in [0.717, 1.165) is 42.2 Å². The predicted octanol–water partition coefficient (Wildman–Crippen LogP) is 3.35. The number of nitrogens with zero attached hydrogens (tertiary/aromatic N) is 3. The molecule has 0 spiro atoms. The van der Waals surface area contributed by atoms with Gasteiger partial charge in [0.2, 0.25) is 5.91 Å². The number of carbonyl (C=O) groups is 2. The third-order valence-corrected chi connectivity index (χ3v) is 5.90. The third kappa shape index (κ3) is 3.86. The molecule has 0 N–H and O–H groups in total. The summed E-state index contributed by atoms with van der Waals surface area (Å²) in [6.07, 6.45) is 1.31. The van der Waals surface area contributed by atoms with Gasteiger partial charge in [0.25, 0.3) is 5.91 Å². The van der Waals surface area contributed by atoms with Gasteiger partial charge < -0.3 is 19.4 Å². The first kappa shape index (κ1) is 20.3. The Morgan fingerprint density at radius 3 is 2.43 bits per heavy atom. The highest BCUT2D eigenvalue weighted by molar-refractivity contribution is 5.98. The Morgan fingerprint density at radius 1 is 0.933 bits per heavy atom. The molecular formula is C24H29N3O3. The van der Waals surface area contributed by atoms with E-state index in [9.17, 15) is 9.59 Å². The summed E-state index contributed by atoms with van der Waals surface area (Å²) in [6.45, 7) is 8.12. The molecule has 0 aromatic heterocycles. The number of carbonyl (C=O) groups excluding carboxylic acids is 2. The summed E-state index contributed by atoms with van der Waals surface area (Å²) in [5, 5.41) is 0. The monoisotopic (exact) mass is 407 g/mol. The van der Waals surface area contributed by atoms with Crippen molar-refractivity contribution in [1.82, 2.24) is 4.90 Å². The van der Waals surface area contributed by atoms with E-state index in [1.54, 1.807) is 0 Å². The van der Waals surface area contributed by atoms with E-state index in [-0.39, 0.29) is 11.8 Å². The number of amides is 2. The van der Waals surface area contributed by atoms with E-state index in [2.05, 4.69) is 11.0 Å². The van der Waals surface area contributed by atoms with Crippen LogP contribution in [0, 0.1) is 0 Å². The maximum absolute atomic E-state index is 13.1. The van der Waals surface area contributed by atoms with Crippen molar-refractivity contribution in [2.24, 2.45) is 0 Å². The lowest BCUT2D eigenvalue weighted by Crippen LogP contribution is -2.48. The molecule has 6 heteroatoms. The molecular weight excluding hydrogens is 378 g/mol. The Balaban J connectivity index is 1.42. The summed E-state index contributed by atoms with van der Waals surface area (Å²) in [5.41, 5.74) is 3.84. The minimum absolute atomic E-state index is 0.0656. The van der Waals surface area contributed by atoms with Gasteiger partial charge >= 0.3 is 0 Å². The molecule has 1 fully saturated rings. The van der Waals surface area contributed by atoms with Gasteiger partial charge in [0, 0.05) is 50.4 Å².